The van der Waals surface area contributed by atoms with E-state index in [9.17, 15) is 9.59 Å². The number of rotatable bonds is 10. The van der Waals surface area contributed by atoms with Gasteiger partial charge in [-0.25, -0.2) is 9.59 Å². The molecule has 1 N–H and O–H groups in total. The Kier molecular flexibility index (Phi) is 8.17. The van der Waals surface area contributed by atoms with E-state index in [4.69, 9.17) is 21.4 Å². The lowest BCUT2D eigenvalue weighted by Crippen LogP contribution is -2.25. The van der Waals surface area contributed by atoms with E-state index in [1.807, 2.05) is 36.4 Å². The molecule has 0 aliphatic rings. The molecule has 0 unspecified atom stereocenters. The highest BCUT2D eigenvalue weighted by atomic mass is 35.5. The summed E-state index contributed by atoms with van der Waals surface area (Å²) in [6.45, 7) is 5.27. The summed E-state index contributed by atoms with van der Waals surface area (Å²) in [6.07, 6.45) is 3.31. The molecule has 0 saturated carbocycles. The van der Waals surface area contributed by atoms with Gasteiger partial charge in [0.25, 0.3) is 0 Å². The van der Waals surface area contributed by atoms with Gasteiger partial charge in [0.05, 0.1) is 12.2 Å². The van der Waals surface area contributed by atoms with Crippen LogP contribution in [-0.4, -0.2) is 20.4 Å². The molecule has 3 rings (SSSR count). The Morgan fingerprint density at radius 1 is 1.00 bits per heavy atom. The molecule has 7 heteroatoms. The minimum absolute atomic E-state index is 0.0705. The number of halogens is 1. The van der Waals surface area contributed by atoms with Crippen molar-refractivity contribution in [2.75, 3.05) is 0 Å². The molecule has 0 aliphatic heterocycles. The van der Waals surface area contributed by atoms with E-state index in [1.165, 1.54) is 0 Å². The van der Waals surface area contributed by atoms with Crippen LogP contribution < -0.4 is 10.4 Å². The number of carboxylic acid groups (broad SMARTS) is 1. The van der Waals surface area contributed by atoms with Gasteiger partial charge in [-0.1, -0.05) is 80.8 Å². The van der Waals surface area contributed by atoms with E-state index in [2.05, 4.69) is 13.8 Å². The Morgan fingerprint density at radius 3 is 2.34 bits per heavy atom. The molecule has 0 radical (unpaired) electrons. The monoisotopic (exact) mass is 456 g/mol. The fourth-order valence-corrected chi connectivity index (χ4v) is 4.08. The standard InChI is InChI=1S/C25H29ClN2O4/c1-3-5-10-21-23(26)27(16-6-4-2)24(29)28(21)17-18-12-14-19(15-13-18)20-9-7-8-11-22(20)32-25(30)31/h7-9,11-15H,3-6,10,16-17H2,1-2H3,(H,30,31). The minimum Gasteiger partial charge on any atom is -0.449 e. The van der Waals surface area contributed by atoms with Gasteiger partial charge in [0, 0.05) is 12.1 Å². The Bertz CT molecular complexity index is 1120. The smallest absolute Gasteiger partial charge is 0.449 e. The Morgan fingerprint density at radius 2 is 1.69 bits per heavy atom. The van der Waals surface area contributed by atoms with Crippen molar-refractivity contribution in [2.45, 2.75) is 59.0 Å². The Hall–Kier alpha value is -2.99. The molecule has 0 aliphatic carbocycles. The number of benzene rings is 2. The van der Waals surface area contributed by atoms with Crippen LogP contribution in [0.25, 0.3) is 11.1 Å². The lowest BCUT2D eigenvalue weighted by atomic mass is 10.0. The van der Waals surface area contributed by atoms with Crippen molar-refractivity contribution >= 4 is 17.8 Å². The van der Waals surface area contributed by atoms with Crippen LogP contribution in [0.1, 0.15) is 50.8 Å². The van der Waals surface area contributed by atoms with Gasteiger partial charge in [-0.2, -0.15) is 0 Å². The van der Waals surface area contributed by atoms with E-state index in [1.54, 1.807) is 21.3 Å². The average Bonchev–Trinajstić information content (AvgIpc) is 3.00. The minimum atomic E-state index is -1.35. The number of ether oxygens (including phenoxy) is 1. The van der Waals surface area contributed by atoms with Crippen molar-refractivity contribution in [3.63, 3.8) is 0 Å². The second-order valence-electron chi connectivity index (χ2n) is 7.78. The van der Waals surface area contributed by atoms with Crippen LogP contribution in [0.5, 0.6) is 5.75 Å². The van der Waals surface area contributed by atoms with Crippen LogP contribution >= 0.6 is 11.6 Å². The number of hydrogen-bond acceptors (Lipinski definition) is 3. The van der Waals surface area contributed by atoms with Crippen LogP contribution in [-0.2, 0) is 19.5 Å². The zero-order chi connectivity index (χ0) is 23.1. The van der Waals surface area contributed by atoms with Crippen molar-refractivity contribution in [2.24, 2.45) is 0 Å². The molecular formula is C25H29ClN2O4. The summed E-state index contributed by atoms with van der Waals surface area (Å²) in [7, 11) is 0. The van der Waals surface area contributed by atoms with E-state index in [-0.39, 0.29) is 11.4 Å². The van der Waals surface area contributed by atoms with Crippen molar-refractivity contribution in [1.82, 2.24) is 9.13 Å². The van der Waals surface area contributed by atoms with Gasteiger partial charge in [-0.05, 0) is 36.5 Å². The molecule has 0 fully saturated rings. The number of imidazole rings is 1. The number of hydrogen-bond donors (Lipinski definition) is 1. The molecule has 1 aromatic heterocycles. The molecule has 0 bridgehead atoms. The third-order valence-corrected chi connectivity index (χ3v) is 5.88. The molecular weight excluding hydrogens is 428 g/mol. The summed E-state index contributed by atoms with van der Waals surface area (Å²) in [5.74, 6) is 0.283. The zero-order valence-corrected chi connectivity index (χ0v) is 19.3. The molecule has 0 amide bonds. The third kappa shape index (κ3) is 5.43. The summed E-state index contributed by atoms with van der Waals surface area (Å²) in [5.41, 5.74) is 3.31. The molecule has 2 aromatic carbocycles. The highest BCUT2D eigenvalue weighted by molar-refractivity contribution is 6.30. The number of nitrogens with zero attached hydrogens (tertiary/aromatic N) is 2. The summed E-state index contributed by atoms with van der Waals surface area (Å²) in [5, 5.41) is 9.52. The highest BCUT2D eigenvalue weighted by Crippen LogP contribution is 2.30. The van der Waals surface area contributed by atoms with Gasteiger partial charge in [0.1, 0.15) is 10.9 Å². The molecule has 3 aromatic rings. The molecule has 6 nitrogen and oxygen atoms in total. The normalized spacial score (nSPS) is 11.0. The second kappa shape index (κ2) is 11.0. The van der Waals surface area contributed by atoms with Gasteiger partial charge in [0.2, 0.25) is 0 Å². The first kappa shape index (κ1) is 23.7. The lowest BCUT2D eigenvalue weighted by molar-refractivity contribution is 0.144. The maximum atomic E-state index is 13.1. The summed E-state index contributed by atoms with van der Waals surface area (Å²) < 4.78 is 8.36. The molecule has 32 heavy (non-hydrogen) atoms. The fraction of sp³-hybridized carbons (Fsp3) is 0.360. The van der Waals surface area contributed by atoms with Crippen LogP contribution in [0.3, 0.4) is 0 Å². The molecule has 1 heterocycles. The number of unbranched alkanes of at least 4 members (excludes halogenated alkanes) is 2. The number of carbonyl (C=O) groups is 1. The van der Waals surface area contributed by atoms with Gasteiger partial charge < -0.3 is 9.84 Å². The molecule has 0 atom stereocenters. The molecule has 0 spiro atoms. The van der Waals surface area contributed by atoms with Gasteiger partial charge >= 0.3 is 11.8 Å². The highest BCUT2D eigenvalue weighted by Gasteiger charge is 2.18. The first-order chi connectivity index (χ1) is 15.5. The predicted octanol–water partition coefficient (Wildman–Crippen LogP) is 6.22. The van der Waals surface area contributed by atoms with Gasteiger partial charge in [-0.3, -0.25) is 9.13 Å². The molecule has 0 saturated heterocycles. The first-order valence-electron chi connectivity index (χ1n) is 11.0. The van der Waals surface area contributed by atoms with Crippen molar-refractivity contribution in [3.8, 4) is 16.9 Å². The lowest BCUT2D eigenvalue weighted by Gasteiger charge is -2.10. The van der Waals surface area contributed by atoms with Crippen molar-refractivity contribution in [3.05, 3.63) is 75.4 Å². The largest absolute Gasteiger partial charge is 0.511 e. The van der Waals surface area contributed by atoms with Crippen LogP contribution in [0.4, 0.5) is 4.79 Å². The second-order valence-corrected chi connectivity index (χ2v) is 8.13. The van der Waals surface area contributed by atoms with Crippen molar-refractivity contribution < 1.29 is 14.6 Å². The maximum absolute atomic E-state index is 13.1. The zero-order valence-electron chi connectivity index (χ0n) is 18.5. The van der Waals surface area contributed by atoms with Crippen LogP contribution in [0.2, 0.25) is 5.15 Å². The van der Waals surface area contributed by atoms with E-state index in [0.29, 0.717) is 23.8 Å². The SMILES string of the molecule is CCCCc1c(Cl)n(CCCC)c(=O)n1Cc1ccc(-c2ccccc2OC(=O)O)cc1. The van der Waals surface area contributed by atoms with Crippen LogP contribution in [0.15, 0.2) is 53.3 Å². The van der Waals surface area contributed by atoms with E-state index >= 15 is 0 Å². The quantitative estimate of drug-likeness (QED) is 0.290. The van der Waals surface area contributed by atoms with Gasteiger partial charge in [0.15, 0.2) is 0 Å². The third-order valence-electron chi connectivity index (χ3n) is 5.46. The summed E-state index contributed by atoms with van der Waals surface area (Å²) >= 11 is 6.62. The Labute approximate surface area is 193 Å². The number of aromatic nitrogens is 2. The maximum Gasteiger partial charge on any atom is 0.511 e. The van der Waals surface area contributed by atoms with Crippen LogP contribution in [0, 0.1) is 0 Å². The fourth-order valence-electron chi connectivity index (χ4n) is 3.73. The molecule has 170 valence electrons. The summed E-state index contributed by atoms with van der Waals surface area (Å²) in [6, 6.07) is 14.7. The average molecular weight is 457 g/mol. The first-order valence-corrected chi connectivity index (χ1v) is 11.4. The van der Waals surface area contributed by atoms with Crippen molar-refractivity contribution in [1.29, 1.82) is 0 Å². The van der Waals surface area contributed by atoms with E-state index in [0.717, 1.165) is 48.9 Å². The summed E-state index contributed by atoms with van der Waals surface area (Å²) in [4.78, 5) is 24.1. The predicted molar refractivity (Wildman–Crippen MR) is 127 cm³/mol. The van der Waals surface area contributed by atoms with Gasteiger partial charge in [-0.15, -0.1) is 0 Å². The number of para-hydroxylation sites is 1. The Balaban J connectivity index is 1.90. The topological polar surface area (TPSA) is 73.5 Å². The van der Waals surface area contributed by atoms with E-state index < -0.39 is 6.16 Å².